The van der Waals surface area contributed by atoms with Crippen molar-refractivity contribution >= 4 is 5.91 Å². The zero-order chi connectivity index (χ0) is 13.9. The molecule has 0 aromatic rings. The summed E-state index contributed by atoms with van der Waals surface area (Å²) in [5.74, 6) is -0.0215. The molecule has 1 amide bonds. The van der Waals surface area contributed by atoms with Crippen molar-refractivity contribution in [3.63, 3.8) is 0 Å². The molecule has 1 unspecified atom stereocenters. The summed E-state index contributed by atoms with van der Waals surface area (Å²) in [4.78, 5) is 11.7. The minimum Gasteiger partial charge on any atom is -0.376 e. The highest BCUT2D eigenvalue weighted by atomic mass is 16.5. The maximum absolute atomic E-state index is 11.7. The van der Waals surface area contributed by atoms with Crippen LogP contribution in [0, 0.1) is 0 Å². The Morgan fingerprint density at radius 3 is 2.95 bits per heavy atom. The van der Waals surface area contributed by atoms with Gasteiger partial charge in [0, 0.05) is 19.2 Å². The number of rotatable bonds is 7. The summed E-state index contributed by atoms with van der Waals surface area (Å²) >= 11 is 0. The van der Waals surface area contributed by atoms with Crippen LogP contribution in [0.4, 0.5) is 0 Å². The lowest BCUT2D eigenvalue weighted by atomic mass is 10.1. The number of carbonyl (C=O) groups excluding carboxylic acids is 1. The number of hydrogen-bond acceptors (Lipinski definition) is 2. The van der Waals surface area contributed by atoms with Crippen LogP contribution in [-0.2, 0) is 9.53 Å². The van der Waals surface area contributed by atoms with Crippen molar-refractivity contribution in [1.82, 2.24) is 5.32 Å². The van der Waals surface area contributed by atoms with Crippen molar-refractivity contribution in [3.05, 3.63) is 23.8 Å². The lowest BCUT2D eigenvalue weighted by Crippen LogP contribution is -2.34. The second-order valence-electron chi connectivity index (χ2n) is 5.17. The fraction of sp³-hybridized carbons (Fsp3) is 0.688. The van der Waals surface area contributed by atoms with Crippen molar-refractivity contribution in [2.45, 2.75) is 58.5 Å². The molecule has 1 atom stereocenters. The van der Waals surface area contributed by atoms with E-state index in [0.717, 1.165) is 31.4 Å². The average molecular weight is 265 g/mol. The van der Waals surface area contributed by atoms with Gasteiger partial charge in [0.2, 0.25) is 5.91 Å². The van der Waals surface area contributed by atoms with Crippen molar-refractivity contribution in [3.8, 4) is 0 Å². The average Bonchev–Trinajstić information content (AvgIpc) is 2.42. The van der Waals surface area contributed by atoms with Gasteiger partial charge in [-0.15, -0.1) is 0 Å². The molecule has 0 aromatic carbocycles. The molecule has 19 heavy (non-hydrogen) atoms. The maximum atomic E-state index is 11.7. The van der Waals surface area contributed by atoms with Crippen LogP contribution >= 0.6 is 0 Å². The minimum atomic E-state index is -0.0215. The molecule has 108 valence electrons. The third-order valence-corrected chi connectivity index (χ3v) is 3.24. The summed E-state index contributed by atoms with van der Waals surface area (Å²) in [6.45, 7) is 5.59. The van der Waals surface area contributed by atoms with E-state index in [1.165, 1.54) is 19.3 Å². The molecule has 0 saturated carbocycles. The summed E-state index contributed by atoms with van der Waals surface area (Å²) in [6, 6.07) is 0. The van der Waals surface area contributed by atoms with Gasteiger partial charge in [0.1, 0.15) is 0 Å². The molecule has 0 spiro atoms. The molecule has 1 aliphatic heterocycles. The summed E-state index contributed by atoms with van der Waals surface area (Å²) < 4.78 is 5.58. The number of amides is 1. The monoisotopic (exact) mass is 265 g/mol. The Hall–Kier alpha value is -1.09. The van der Waals surface area contributed by atoms with Crippen molar-refractivity contribution in [2.75, 3.05) is 13.2 Å². The first-order valence-electron chi connectivity index (χ1n) is 7.46. The Balaban J connectivity index is 2.22. The fourth-order valence-electron chi connectivity index (χ4n) is 2.08. The largest absolute Gasteiger partial charge is 0.376 e. The lowest BCUT2D eigenvalue weighted by molar-refractivity contribution is -0.117. The Morgan fingerprint density at radius 2 is 2.26 bits per heavy atom. The first-order chi connectivity index (χ1) is 9.22. The summed E-state index contributed by atoms with van der Waals surface area (Å²) in [5.41, 5.74) is 0.998. The van der Waals surface area contributed by atoms with E-state index in [2.05, 4.69) is 18.3 Å². The summed E-state index contributed by atoms with van der Waals surface area (Å²) in [7, 11) is 0. The molecule has 1 saturated heterocycles. The molecule has 1 heterocycles. The van der Waals surface area contributed by atoms with Crippen LogP contribution in [0.2, 0.25) is 0 Å². The van der Waals surface area contributed by atoms with Gasteiger partial charge in [-0.05, 0) is 38.2 Å². The van der Waals surface area contributed by atoms with Gasteiger partial charge in [0.25, 0.3) is 0 Å². The number of hydrogen-bond donors (Lipinski definition) is 1. The number of unbranched alkanes of at least 4 members (excludes halogenated alkanes) is 2. The maximum Gasteiger partial charge on any atom is 0.244 e. The fourth-order valence-corrected chi connectivity index (χ4v) is 2.08. The van der Waals surface area contributed by atoms with E-state index in [9.17, 15) is 4.79 Å². The van der Waals surface area contributed by atoms with E-state index in [-0.39, 0.29) is 12.0 Å². The number of nitrogens with one attached hydrogen (secondary N) is 1. The molecule has 3 heteroatoms. The molecule has 0 aliphatic carbocycles. The molecule has 3 nitrogen and oxygen atoms in total. The van der Waals surface area contributed by atoms with Crippen molar-refractivity contribution in [2.24, 2.45) is 0 Å². The smallest absolute Gasteiger partial charge is 0.244 e. The van der Waals surface area contributed by atoms with Crippen molar-refractivity contribution in [1.29, 1.82) is 0 Å². The topological polar surface area (TPSA) is 38.3 Å². The number of ether oxygens (including phenoxy) is 1. The zero-order valence-electron chi connectivity index (χ0n) is 12.3. The second kappa shape index (κ2) is 9.79. The van der Waals surface area contributed by atoms with Gasteiger partial charge in [0.15, 0.2) is 0 Å². The molecule has 0 bridgehead atoms. The van der Waals surface area contributed by atoms with Crippen LogP contribution in [0.1, 0.15) is 52.4 Å². The van der Waals surface area contributed by atoms with E-state index < -0.39 is 0 Å². The van der Waals surface area contributed by atoms with Crippen molar-refractivity contribution < 1.29 is 9.53 Å². The highest BCUT2D eigenvalue weighted by Crippen LogP contribution is 2.11. The predicted molar refractivity (Wildman–Crippen MR) is 79.0 cm³/mol. The SMILES string of the molecule is CCCCC=CC(C)=CC(=O)NCC1CCCCO1. The van der Waals surface area contributed by atoms with Crippen LogP contribution in [-0.4, -0.2) is 25.2 Å². The Labute approximate surface area is 117 Å². The van der Waals surface area contributed by atoms with E-state index in [0.29, 0.717) is 6.54 Å². The first kappa shape index (κ1) is 16.0. The van der Waals surface area contributed by atoms with E-state index in [4.69, 9.17) is 4.74 Å². The standard InChI is InChI=1S/C16H27NO2/c1-3-4-5-6-9-14(2)12-16(18)17-13-15-10-7-8-11-19-15/h6,9,12,15H,3-5,7-8,10-11,13H2,1-2H3,(H,17,18). The van der Waals surface area contributed by atoms with Gasteiger partial charge in [0.05, 0.1) is 6.10 Å². The Kier molecular flexibility index (Phi) is 8.23. The molecule has 1 aliphatic rings. The minimum absolute atomic E-state index is 0.0215. The van der Waals surface area contributed by atoms with Gasteiger partial charge in [-0.3, -0.25) is 4.79 Å². The lowest BCUT2D eigenvalue weighted by Gasteiger charge is -2.22. The van der Waals surface area contributed by atoms with Gasteiger partial charge in [-0.1, -0.05) is 31.9 Å². The molecule has 0 radical (unpaired) electrons. The third kappa shape index (κ3) is 7.83. The highest BCUT2D eigenvalue weighted by Gasteiger charge is 2.13. The highest BCUT2D eigenvalue weighted by molar-refractivity contribution is 5.88. The van der Waals surface area contributed by atoms with Gasteiger partial charge in [-0.25, -0.2) is 0 Å². The predicted octanol–water partition coefficient (Wildman–Crippen LogP) is 3.36. The second-order valence-corrected chi connectivity index (χ2v) is 5.17. The van der Waals surface area contributed by atoms with Crippen LogP contribution in [0.3, 0.4) is 0 Å². The van der Waals surface area contributed by atoms with E-state index in [1.807, 2.05) is 13.0 Å². The van der Waals surface area contributed by atoms with Gasteiger partial charge >= 0.3 is 0 Å². The molecular formula is C16H27NO2. The first-order valence-corrected chi connectivity index (χ1v) is 7.46. The van der Waals surface area contributed by atoms with Gasteiger partial charge in [-0.2, -0.15) is 0 Å². The molecule has 1 rings (SSSR count). The quantitative estimate of drug-likeness (QED) is 0.435. The normalized spacial score (nSPS) is 20.7. The molecular weight excluding hydrogens is 238 g/mol. The van der Waals surface area contributed by atoms with Crippen LogP contribution in [0.5, 0.6) is 0 Å². The van der Waals surface area contributed by atoms with Crippen LogP contribution in [0.15, 0.2) is 23.8 Å². The van der Waals surface area contributed by atoms with E-state index >= 15 is 0 Å². The summed E-state index contributed by atoms with van der Waals surface area (Å²) in [5, 5.41) is 2.91. The Bertz CT molecular complexity index is 315. The number of allylic oxidation sites excluding steroid dienone is 3. The molecule has 1 N–H and O–H groups in total. The van der Waals surface area contributed by atoms with Crippen LogP contribution < -0.4 is 5.32 Å². The summed E-state index contributed by atoms with van der Waals surface area (Å²) in [6.07, 6.45) is 12.9. The van der Waals surface area contributed by atoms with E-state index in [1.54, 1.807) is 6.08 Å². The Morgan fingerprint density at radius 1 is 1.42 bits per heavy atom. The third-order valence-electron chi connectivity index (χ3n) is 3.24. The molecule has 0 aromatic heterocycles. The van der Waals surface area contributed by atoms with Gasteiger partial charge < -0.3 is 10.1 Å². The zero-order valence-corrected chi connectivity index (χ0v) is 12.3. The number of carbonyl (C=O) groups is 1. The van der Waals surface area contributed by atoms with Crippen LogP contribution in [0.25, 0.3) is 0 Å². The molecule has 1 fully saturated rings.